The van der Waals surface area contributed by atoms with Crippen molar-refractivity contribution in [3.63, 3.8) is 0 Å². The maximum Gasteiger partial charge on any atom is 0.257 e. The third-order valence-corrected chi connectivity index (χ3v) is 9.68. The van der Waals surface area contributed by atoms with Gasteiger partial charge in [0.1, 0.15) is 11.3 Å². The van der Waals surface area contributed by atoms with Gasteiger partial charge in [0.25, 0.3) is 5.91 Å². The molecule has 0 aliphatic carbocycles. The highest BCUT2D eigenvalue weighted by Crippen LogP contribution is 2.41. The number of halogens is 5. The summed E-state index contributed by atoms with van der Waals surface area (Å²) in [5.41, 5.74) is 2.87. The van der Waals surface area contributed by atoms with Crippen LogP contribution < -0.4 is 10.1 Å². The Morgan fingerprint density at radius 1 is 0.804 bits per heavy atom. The Balaban J connectivity index is 1.20. The number of amides is 1. The maximum absolute atomic E-state index is 14.2. The van der Waals surface area contributed by atoms with Crippen LogP contribution in [0.5, 0.6) is 5.75 Å². The summed E-state index contributed by atoms with van der Waals surface area (Å²) >= 11 is 1.62. The molecule has 2 N–H and O–H groups in total. The molecular formula is C39H32F5NO5S. The summed E-state index contributed by atoms with van der Waals surface area (Å²) in [6.45, 7) is -0.323. The van der Waals surface area contributed by atoms with Gasteiger partial charge in [-0.25, -0.2) is 22.0 Å². The van der Waals surface area contributed by atoms with E-state index in [2.05, 4.69) is 5.32 Å². The third kappa shape index (κ3) is 7.94. The lowest BCUT2D eigenvalue weighted by Crippen LogP contribution is -2.31. The number of rotatable bonds is 11. The monoisotopic (exact) mass is 721 g/mol. The number of carbonyl (C=O) groups is 1. The molecule has 0 radical (unpaired) electrons. The van der Waals surface area contributed by atoms with Gasteiger partial charge in [-0.3, -0.25) is 4.79 Å². The van der Waals surface area contributed by atoms with Crippen LogP contribution in [0.3, 0.4) is 0 Å². The minimum absolute atomic E-state index is 0.0666. The number of ether oxygens (including phenoxy) is 3. The molecule has 5 aromatic carbocycles. The van der Waals surface area contributed by atoms with Crippen molar-refractivity contribution in [1.29, 1.82) is 0 Å². The maximum atomic E-state index is 14.2. The zero-order valence-electron chi connectivity index (χ0n) is 27.2. The van der Waals surface area contributed by atoms with Crippen molar-refractivity contribution < 1.29 is 46.1 Å². The summed E-state index contributed by atoms with van der Waals surface area (Å²) < 4.78 is 87.8. The van der Waals surface area contributed by atoms with E-state index in [0.717, 1.165) is 32.9 Å². The van der Waals surface area contributed by atoms with Crippen molar-refractivity contribution in [3.8, 4) is 16.9 Å². The van der Waals surface area contributed by atoms with Gasteiger partial charge in [-0.15, -0.1) is 11.8 Å². The topological polar surface area (TPSA) is 77.0 Å². The van der Waals surface area contributed by atoms with Gasteiger partial charge in [-0.05, 0) is 39.9 Å². The highest BCUT2D eigenvalue weighted by molar-refractivity contribution is 7.99. The molecule has 0 aromatic heterocycles. The van der Waals surface area contributed by atoms with E-state index in [1.54, 1.807) is 43.1 Å². The predicted octanol–water partition coefficient (Wildman–Crippen LogP) is 8.82. The fraction of sp³-hybridized carbons (Fsp3) is 0.205. The van der Waals surface area contributed by atoms with Gasteiger partial charge in [0.05, 0.1) is 25.9 Å². The summed E-state index contributed by atoms with van der Waals surface area (Å²) in [5, 5.41) is 11.8. The molecule has 6 rings (SSSR count). The Hall–Kier alpha value is -4.75. The second-order valence-electron chi connectivity index (χ2n) is 11.7. The predicted molar refractivity (Wildman–Crippen MR) is 181 cm³/mol. The van der Waals surface area contributed by atoms with E-state index < -0.39 is 46.8 Å². The standard InChI is InChI=1S/C39H32F5NO5S/c1-48-29-8-4-5-9-31(29)51-21-27-18-30(24-12-10-22(20-46)11-13-24)50-39(49-27)25-16-14-23(15-17-25)28-7-3-2-6-26(28)19-45-38(47)32-33(40)35(42)37(44)36(43)34(32)41/h2-17,27,30,39,46H,18-21H2,1H3,(H,45,47). The van der Waals surface area contributed by atoms with Crippen molar-refractivity contribution in [2.45, 2.75) is 43.0 Å². The van der Waals surface area contributed by atoms with Crippen molar-refractivity contribution in [2.75, 3.05) is 12.9 Å². The van der Waals surface area contributed by atoms with Crippen LogP contribution in [0.2, 0.25) is 0 Å². The molecule has 3 atom stereocenters. The highest BCUT2D eigenvalue weighted by Gasteiger charge is 2.33. The first-order chi connectivity index (χ1) is 24.7. The van der Waals surface area contributed by atoms with Gasteiger partial charge >= 0.3 is 0 Å². The van der Waals surface area contributed by atoms with Gasteiger partial charge in [-0.1, -0.05) is 84.9 Å². The van der Waals surface area contributed by atoms with E-state index in [4.69, 9.17) is 14.2 Å². The minimum atomic E-state index is -2.34. The molecular weight excluding hydrogens is 689 g/mol. The van der Waals surface area contributed by atoms with E-state index >= 15 is 0 Å². The molecule has 0 saturated carbocycles. The van der Waals surface area contributed by atoms with Gasteiger partial charge in [0, 0.05) is 29.2 Å². The number of thioether (sulfide) groups is 1. The largest absolute Gasteiger partial charge is 0.496 e. The first-order valence-corrected chi connectivity index (χ1v) is 16.9. The molecule has 1 amide bonds. The van der Waals surface area contributed by atoms with Crippen molar-refractivity contribution in [2.24, 2.45) is 0 Å². The average Bonchev–Trinajstić information content (AvgIpc) is 3.18. The Morgan fingerprint density at radius 2 is 1.43 bits per heavy atom. The van der Waals surface area contributed by atoms with Gasteiger partial charge in [-0.2, -0.15) is 0 Å². The molecule has 1 saturated heterocycles. The summed E-state index contributed by atoms with van der Waals surface area (Å²) in [6.07, 6.45) is -0.599. The van der Waals surface area contributed by atoms with Crippen LogP contribution in [0.25, 0.3) is 11.1 Å². The van der Waals surface area contributed by atoms with Gasteiger partial charge < -0.3 is 24.6 Å². The molecule has 3 unspecified atom stereocenters. The lowest BCUT2D eigenvalue weighted by Gasteiger charge is -2.36. The van der Waals surface area contributed by atoms with Crippen LogP contribution in [0.4, 0.5) is 22.0 Å². The third-order valence-electron chi connectivity index (χ3n) is 8.50. The van der Waals surface area contributed by atoms with E-state index in [1.165, 1.54) is 0 Å². The SMILES string of the molecule is COc1ccccc1SCC1CC(c2ccc(CO)cc2)OC(c2ccc(-c3ccccc3CNC(=O)c3c(F)c(F)c(F)c(F)c3F)cc2)O1. The minimum Gasteiger partial charge on any atom is -0.496 e. The normalized spacial score (nSPS) is 17.3. The molecule has 264 valence electrons. The number of hydrogen-bond acceptors (Lipinski definition) is 6. The Labute approximate surface area is 295 Å². The first-order valence-electron chi connectivity index (χ1n) is 15.9. The molecule has 5 aromatic rings. The second kappa shape index (κ2) is 16.1. The van der Waals surface area contributed by atoms with Crippen LogP contribution in [0, 0.1) is 29.1 Å². The molecule has 0 spiro atoms. The van der Waals surface area contributed by atoms with Crippen LogP contribution in [0.1, 0.15) is 51.4 Å². The summed E-state index contributed by atoms with van der Waals surface area (Å²) in [7, 11) is 1.63. The van der Waals surface area contributed by atoms with E-state index in [0.29, 0.717) is 23.3 Å². The molecule has 1 fully saturated rings. The van der Waals surface area contributed by atoms with Gasteiger partial charge in [0.15, 0.2) is 29.6 Å². The number of hydrogen-bond donors (Lipinski definition) is 2. The number of carbonyl (C=O) groups excluding carboxylic acids is 1. The molecule has 6 nitrogen and oxygen atoms in total. The fourth-order valence-electron chi connectivity index (χ4n) is 5.79. The van der Waals surface area contributed by atoms with Crippen molar-refractivity contribution >= 4 is 17.7 Å². The smallest absolute Gasteiger partial charge is 0.257 e. The number of methoxy groups -OCH3 is 1. The molecule has 51 heavy (non-hydrogen) atoms. The molecule has 1 heterocycles. The van der Waals surface area contributed by atoms with Crippen LogP contribution in [-0.2, 0) is 22.6 Å². The Bertz CT molecular complexity index is 1980. The van der Waals surface area contributed by atoms with Crippen LogP contribution in [0.15, 0.2) is 102 Å². The summed E-state index contributed by atoms with van der Waals surface area (Å²) in [5.74, 6) is -11.2. The second-order valence-corrected chi connectivity index (χ2v) is 12.8. The molecule has 1 aliphatic heterocycles. The number of nitrogens with one attached hydrogen (secondary N) is 1. The Morgan fingerprint density at radius 3 is 2.12 bits per heavy atom. The number of aliphatic hydroxyl groups is 1. The van der Waals surface area contributed by atoms with Crippen molar-refractivity contribution in [3.05, 3.63) is 154 Å². The number of aliphatic hydroxyl groups excluding tert-OH is 1. The fourth-order valence-corrected chi connectivity index (χ4v) is 6.84. The summed E-state index contributed by atoms with van der Waals surface area (Å²) in [4.78, 5) is 13.6. The van der Waals surface area contributed by atoms with E-state index in [9.17, 15) is 31.9 Å². The highest BCUT2D eigenvalue weighted by atomic mass is 32.2. The Kier molecular flexibility index (Phi) is 11.4. The van der Waals surface area contributed by atoms with Gasteiger partial charge in [0.2, 0.25) is 5.82 Å². The lowest BCUT2D eigenvalue weighted by atomic mass is 9.97. The zero-order chi connectivity index (χ0) is 36.1. The molecule has 12 heteroatoms. The number of para-hydroxylation sites is 1. The number of benzene rings is 5. The summed E-state index contributed by atoms with van der Waals surface area (Å²) in [6, 6.07) is 29.6. The quantitative estimate of drug-likeness (QED) is 0.0615. The van der Waals surface area contributed by atoms with Crippen molar-refractivity contribution in [1.82, 2.24) is 5.32 Å². The lowest BCUT2D eigenvalue weighted by molar-refractivity contribution is -0.245. The van der Waals surface area contributed by atoms with E-state index in [-0.39, 0.29) is 25.4 Å². The average molecular weight is 722 g/mol. The molecule has 1 aliphatic rings. The van der Waals surface area contributed by atoms with Crippen LogP contribution in [-0.4, -0.2) is 30.0 Å². The van der Waals surface area contributed by atoms with Crippen LogP contribution >= 0.6 is 11.8 Å². The molecule has 0 bridgehead atoms. The zero-order valence-corrected chi connectivity index (χ0v) is 28.0. The first kappa shape index (κ1) is 36.1. The van der Waals surface area contributed by atoms with E-state index in [1.807, 2.05) is 72.8 Å².